The number of carbonyl (C=O) groups excluding carboxylic acids is 1. The van der Waals surface area contributed by atoms with Crippen molar-refractivity contribution >= 4 is 29.0 Å². The van der Waals surface area contributed by atoms with E-state index < -0.39 is 5.91 Å². The van der Waals surface area contributed by atoms with Crippen LogP contribution in [0.15, 0.2) is 18.2 Å². The highest BCUT2D eigenvalue weighted by Crippen LogP contribution is 2.26. The van der Waals surface area contributed by atoms with Gasteiger partial charge in [-0.1, -0.05) is 6.92 Å². The number of rotatable bonds is 6. The van der Waals surface area contributed by atoms with Crippen LogP contribution < -0.4 is 16.4 Å². The zero-order valence-corrected chi connectivity index (χ0v) is 12.0. The molecule has 18 heavy (non-hydrogen) atoms. The lowest BCUT2D eigenvalue weighted by molar-refractivity contribution is 0.100. The molecular formula is C13H21N3OS. The minimum absolute atomic E-state index is 0.394. The summed E-state index contributed by atoms with van der Waals surface area (Å²) in [5, 5.41) is 0. The summed E-state index contributed by atoms with van der Waals surface area (Å²) in [5.74, 6) is 0.593. The van der Waals surface area contributed by atoms with Crippen LogP contribution in [0.5, 0.6) is 0 Å². The number of carbonyl (C=O) groups is 1. The fourth-order valence-corrected chi connectivity index (χ4v) is 2.74. The molecule has 1 unspecified atom stereocenters. The molecule has 1 rings (SSSR count). The normalized spacial score (nSPS) is 12.2. The standard InChI is InChI=1S/C13H21N3OS/c1-4-10(8-18-3)16(2)12-7-9(13(15)17)5-6-11(12)14/h5-7,10H,4,8,14H2,1-3H3,(H2,15,17). The van der Waals surface area contributed by atoms with Crippen molar-refractivity contribution < 1.29 is 4.79 Å². The van der Waals surface area contributed by atoms with Gasteiger partial charge in [-0.25, -0.2) is 0 Å². The topological polar surface area (TPSA) is 72.3 Å². The van der Waals surface area contributed by atoms with Gasteiger partial charge in [-0.2, -0.15) is 11.8 Å². The van der Waals surface area contributed by atoms with E-state index in [2.05, 4.69) is 18.1 Å². The Morgan fingerprint density at radius 2 is 2.17 bits per heavy atom. The van der Waals surface area contributed by atoms with E-state index in [-0.39, 0.29) is 0 Å². The molecule has 1 amide bonds. The zero-order chi connectivity index (χ0) is 13.7. The molecule has 0 spiro atoms. The van der Waals surface area contributed by atoms with Gasteiger partial charge in [0.05, 0.1) is 11.4 Å². The third-order valence-electron chi connectivity index (χ3n) is 3.07. The first kappa shape index (κ1) is 14.7. The molecule has 1 atom stereocenters. The Morgan fingerprint density at radius 3 is 2.67 bits per heavy atom. The van der Waals surface area contributed by atoms with E-state index in [1.807, 2.05) is 7.05 Å². The van der Waals surface area contributed by atoms with E-state index in [9.17, 15) is 4.79 Å². The molecule has 0 aliphatic rings. The summed E-state index contributed by atoms with van der Waals surface area (Å²) in [6.45, 7) is 2.14. The molecule has 0 heterocycles. The van der Waals surface area contributed by atoms with Crippen LogP contribution in [0.3, 0.4) is 0 Å². The van der Waals surface area contributed by atoms with Crippen LogP contribution in [0.2, 0.25) is 0 Å². The van der Waals surface area contributed by atoms with E-state index in [0.29, 0.717) is 17.3 Å². The summed E-state index contributed by atoms with van der Waals surface area (Å²) in [4.78, 5) is 13.3. The molecule has 0 radical (unpaired) electrons. The van der Waals surface area contributed by atoms with Crippen LogP contribution in [0.1, 0.15) is 23.7 Å². The smallest absolute Gasteiger partial charge is 0.248 e. The molecule has 0 aliphatic heterocycles. The molecule has 0 saturated carbocycles. The third kappa shape index (κ3) is 3.32. The Balaban J connectivity index is 3.06. The first-order chi connectivity index (χ1) is 8.51. The van der Waals surface area contributed by atoms with Gasteiger partial charge in [-0.3, -0.25) is 4.79 Å². The number of primary amides is 1. The number of anilines is 2. The quantitative estimate of drug-likeness (QED) is 0.773. The number of nitrogens with zero attached hydrogens (tertiary/aromatic N) is 1. The molecule has 0 fully saturated rings. The van der Waals surface area contributed by atoms with Crippen molar-refractivity contribution in [3.05, 3.63) is 23.8 Å². The first-order valence-corrected chi connectivity index (χ1v) is 7.31. The highest BCUT2D eigenvalue weighted by Gasteiger charge is 2.16. The maximum atomic E-state index is 11.2. The second-order valence-corrected chi connectivity index (χ2v) is 5.18. The summed E-state index contributed by atoms with van der Waals surface area (Å²) < 4.78 is 0. The third-order valence-corrected chi connectivity index (χ3v) is 3.79. The minimum Gasteiger partial charge on any atom is -0.397 e. The summed E-state index contributed by atoms with van der Waals surface area (Å²) >= 11 is 1.80. The first-order valence-electron chi connectivity index (χ1n) is 5.92. The van der Waals surface area contributed by atoms with Crippen molar-refractivity contribution in [2.75, 3.05) is 29.7 Å². The maximum absolute atomic E-state index is 11.2. The second-order valence-electron chi connectivity index (χ2n) is 4.27. The molecule has 4 nitrogen and oxygen atoms in total. The van der Waals surface area contributed by atoms with Gasteiger partial charge in [0.1, 0.15) is 0 Å². The largest absolute Gasteiger partial charge is 0.397 e. The van der Waals surface area contributed by atoms with Crippen molar-refractivity contribution in [2.45, 2.75) is 19.4 Å². The van der Waals surface area contributed by atoms with Crippen LogP contribution in [0.25, 0.3) is 0 Å². The van der Waals surface area contributed by atoms with Crippen LogP contribution in [-0.4, -0.2) is 31.0 Å². The average molecular weight is 267 g/mol. The van der Waals surface area contributed by atoms with Gasteiger partial charge < -0.3 is 16.4 Å². The molecule has 0 aliphatic carbocycles. The van der Waals surface area contributed by atoms with Gasteiger partial charge in [-0.05, 0) is 30.9 Å². The van der Waals surface area contributed by atoms with Crippen molar-refractivity contribution in [2.24, 2.45) is 5.73 Å². The summed E-state index contributed by atoms with van der Waals surface area (Å²) in [7, 11) is 2.00. The Labute approximate surface area is 113 Å². The minimum atomic E-state index is -0.428. The lowest BCUT2D eigenvalue weighted by Gasteiger charge is -2.30. The SMILES string of the molecule is CCC(CSC)N(C)c1cc(C(N)=O)ccc1N. The average Bonchev–Trinajstić information content (AvgIpc) is 2.35. The van der Waals surface area contributed by atoms with Gasteiger partial charge in [0, 0.05) is 24.4 Å². The Hall–Kier alpha value is -1.36. The van der Waals surface area contributed by atoms with E-state index in [0.717, 1.165) is 17.9 Å². The van der Waals surface area contributed by atoms with Crippen LogP contribution >= 0.6 is 11.8 Å². The Bertz CT molecular complexity index is 423. The lowest BCUT2D eigenvalue weighted by atomic mass is 10.1. The number of nitrogen functional groups attached to an aromatic ring is 1. The van der Waals surface area contributed by atoms with Gasteiger partial charge >= 0.3 is 0 Å². The van der Waals surface area contributed by atoms with E-state index in [4.69, 9.17) is 11.5 Å². The summed E-state index contributed by atoms with van der Waals surface area (Å²) in [6, 6.07) is 5.55. The van der Waals surface area contributed by atoms with Crippen LogP contribution in [-0.2, 0) is 0 Å². The number of nitrogens with two attached hydrogens (primary N) is 2. The van der Waals surface area contributed by atoms with Crippen LogP contribution in [0.4, 0.5) is 11.4 Å². The molecule has 1 aromatic rings. The van der Waals surface area contributed by atoms with Gasteiger partial charge in [0.25, 0.3) is 0 Å². The predicted molar refractivity (Wildman–Crippen MR) is 80.2 cm³/mol. The van der Waals surface area contributed by atoms with Gasteiger partial charge in [0.15, 0.2) is 0 Å². The Kier molecular flexibility index (Phi) is 5.34. The number of thioether (sulfide) groups is 1. The van der Waals surface area contributed by atoms with Crippen molar-refractivity contribution in [3.63, 3.8) is 0 Å². The maximum Gasteiger partial charge on any atom is 0.248 e. The zero-order valence-electron chi connectivity index (χ0n) is 11.1. The van der Waals surface area contributed by atoms with Gasteiger partial charge in [-0.15, -0.1) is 0 Å². The predicted octanol–water partition coefficient (Wildman–Crippen LogP) is 1.95. The molecule has 100 valence electrons. The highest BCUT2D eigenvalue weighted by molar-refractivity contribution is 7.98. The number of amides is 1. The monoisotopic (exact) mass is 267 g/mol. The molecule has 0 bridgehead atoms. The summed E-state index contributed by atoms with van der Waals surface area (Å²) in [5.41, 5.74) is 13.3. The van der Waals surface area contributed by atoms with Gasteiger partial charge in [0.2, 0.25) is 5.91 Å². The molecule has 0 aromatic heterocycles. The van der Waals surface area contributed by atoms with E-state index >= 15 is 0 Å². The fraction of sp³-hybridized carbons (Fsp3) is 0.462. The van der Waals surface area contributed by atoms with E-state index in [1.165, 1.54) is 0 Å². The molecule has 1 aromatic carbocycles. The Morgan fingerprint density at radius 1 is 1.50 bits per heavy atom. The molecule has 5 heteroatoms. The number of hydrogen-bond donors (Lipinski definition) is 2. The van der Waals surface area contributed by atoms with Crippen molar-refractivity contribution in [1.82, 2.24) is 0 Å². The molecule has 0 saturated heterocycles. The second kappa shape index (κ2) is 6.54. The summed E-state index contributed by atoms with van der Waals surface area (Å²) in [6.07, 6.45) is 3.11. The lowest BCUT2D eigenvalue weighted by Crippen LogP contribution is -2.33. The number of benzene rings is 1. The van der Waals surface area contributed by atoms with E-state index in [1.54, 1.807) is 30.0 Å². The molecule has 4 N–H and O–H groups in total. The number of hydrogen-bond acceptors (Lipinski definition) is 4. The van der Waals surface area contributed by atoms with Crippen molar-refractivity contribution in [3.8, 4) is 0 Å². The fourth-order valence-electron chi connectivity index (χ4n) is 1.89. The van der Waals surface area contributed by atoms with Crippen molar-refractivity contribution in [1.29, 1.82) is 0 Å². The van der Waals surface area contributed by atoms with Crippen LogP contribution in [0, 0.1) is 0 Å². The highest BCUT2D eigenvalue weighted by atomic mass is 32.2. The molecular weight excluding hydrogens is 246 g/mol.